The molecule has 0 saturated heterocycles. The van der Waals surface area contributed by atoms with E-state index in [0.717, 1.165) is 22.6 Å². The molecule has 4 heteroatoms. The second kappa shape index (κ2) is 4.49. The molecule has 90 valence electrons. The lowest BCUT2D eigenvalue weighted by Gasteiger charge is -2.08. The highest BCUT2D eigenvalue weighted by Crippen LogP contribution is 2.33. The van der Waals surface area contributed by atoms with Crippen LogP contribution in [0.3, 0.4) is 0 Å². The maximum absolute atomic E-state index is 5.92. The van der Waals surface area contributed by atoms with Crippen LogP contribution >= 0.6 is 0 Å². The molecule has 0 aliphatic rings. The molecule has 1 aromatic carbocycles. The average molecular weight is 231 g/mol. The first-order valence-electron chi connectivity index (χ1n) is 5.61. The summed E-state index contributed by atoms with van der Waals surface area (Å²) in [5, 5.41) is 7.08. The summed E-state index contributed by atoms with van der Waals surface area (Å²) in [7, 11) is 1.65. The number of aromatic amines is 1. The maximum Gasteiger partial charge on any atom is 0.153 e. The Kier molecular flexibility index (Phi) is 3.04. The second-order valence-electron chi connectivity index (χ2n) is 4.28. The molecule has 0 bridgehead atoms. The first-order chi connectivity index (χ1) is 8.13. The number of hydrogen-bond acceptors (Lipinski definition) is 3. The lowest BCUT2D eigenvalue weighted by molar-refractivity contribution is 0.415. The lowest BCUT2D eigenvalue weighted by Crippen LogP contribution is -1.93. The molecular weight excluding hydrogens is 214 g/mol. The number of nitrogens with zero attached hydrogens (tertiary/aromatic N) is 1. The monoisotopic (exact) mass is 231 g/mol. The van der Waals surface area contributed by atoms with Crippen LogP contribution in [-0.2, 0) is 0 Å². The standard InChI is InChI=1S/C13H17N3O/c1-8(2)12-11(13(14)16-15-12)9-5-4-6-10(7-9)17-3/h4-8H,1-3H3,(H3,14,15,16). The summed E-state index contributed by atoms with van der Waals surface area (Å²) in [5.41, 5.74) is 8.97. The van der Waals surface area contributed by atoms with Crippen molar-refractivity contribution < 1.29 is 4.74 Å². The summed E-state index contributed by atoms with van der Waals surface area (Å²) in [4.78, 5) is 0. The lowest BCUT2D eigenvalue weighted by atomic mass is 9.99. The van der Waals surface area contributed by atoms with Gasteiger partial charge in [0.1, 0.15) is 5.75 Å². The fourth-order valence-electron chi connectivity index (χ4n) is 1.87. The topological polar surface area (TPSA) is 63.9 Å². The molecule has 17 heavy (non-hydrogen) atoms. The minimum Gasteiger partial charge on any atom is -0.497 e. The van der Waals surface area contributed by atoms with Gasteiger partial charge in [0, 0.05) is 11.3 Å². The van der Waals surface area contributed by atoms with Crippen molar-refractivity contribution in [3.63, 3.8) is 0 Å². The second-order valence-corrected chi connectivity index (χ2v) is 4.28. The van der Waals surface area contributed by atoms with Crippen LogP contribution in [0, 0.1) is 0 Å². The molecule has 0 atom stereocenters. The Balaban J connectivity index is 2.55. The van der Waals surface area contributed by atoms with E-state index < -0.39 is 0 Å². The molecule has 3 N–H and O–H groups in total. The summed E-state index contributed by atoms with van der Waals surface area (Å²) in [6, 6.07) is 7.84. The molecule has 0 radical (unpaired) electrons. The van der Waals surface area contributed by atoms with Crippen molar-refractivity contribution in [3.05, 3.63) is 30.0 Å². The fourth-order valence-corrected chi connectivity index (χ4v) is 1.87. The highest BCUT2D eigenvalue weighted by Gasteiger charge is 2.15. The van der Waals surface area contributed by atoms with Crippen molar-refractivity contribution in [2.45, 2.75) is 19.8 Å². The minimum atomic E-state index is 0.348. The molecule has 2 aromatic rings. The van der Waals surface area contributed by atoms with Crippen LogP contribution in [-0.4, -0.2) is 17.3 Å². The predicted molar refractivity (Wildman–Crippen MR) is 69.1 cm³/mol. The molecule has 0 fully saturated rings. The van der Waals surface area contributed by atoms with Gasteiger partial charge >= 0.3 is 0 Å². The molecule has 4 nitrogen and oxygen atoms in total. The normalized spacial score (nSPS) is 10.8. The van der Waals surface area contributed by atoms with E-state index >= 15 is 0 Å². The van der Waals surface area contributed by atoms with Crippen molar-refractivity contribution >= 4 is 5.82 Å². The zero-order valence-corrected chi connectivity index (χ0v) is 10.3. The van der Waals surface area contributed by atoms with Crippen LogP contribution in [0.25, 0.3) is 11.1 Å². The number of nitrogens with two attached hydrogens (primary N) is 1. The van der Waals surface area contributed by atoms with Gasteiger partial charge in [-0.15, -0.1) is 0 Å². The third-order valence-corrected chi connectivity index (χ3v) is 2.76. The van der Waals surface area contributed by atoms with Gasteiger partial charge < -0.3 is 10.5 Å². The van der Waals surface area contributed by atoms with E-state index in [1.54, 1.807) is 7.11 Å². The molecular formula is C13H17N3O. The summed E-state index contributed by atoms with van der Waals surface area (Å²) in [5.74, 6) is 1.70. The van der Waals surface area contributed by atoms with Gasteiger partial charge in [-0.25, -0.2) is 0 Å². The van der Waals surface area contributed by atoms with Gasteiger partial charge in [-0.3, -0.25) is 5.10 Å². The SMILES string of the molecule is COc1cccc(-c2c(N)n[nH]c2C(C)C)c1. The first kappa shape index (κ1) is 11.5. The number of aromatic nitrogens is 2. The van der Waals surface area contributed by atoms with E-state index in [1.807, 2.05) is 24.3 Å². The number of anilines is 1. The molecule has 0 saturated carbocycles. The number of rotatable bonds is 3. The molecule has 0 spiro atoms. The Bertz CT molecular complexity index is 517. The number of H-pyrrole nitrogens is 1. The Morgan fingerprint density at radius 1 is 1.35 bits per heavy atom. The number of benzene rings is 1. The van der Waals surface area contributed by atoms with Crippen LogP contribution in [0.5, 0.6) is 5.75 Å². The maximum atomic E-state index is 5.92. The van der Waals surface area contributed by atoms with E-state index in [2.05, 4.69) is 24.0 Å². The molecule has 1 aromatic heterocycles. The van der Waals surface area contributed by atoms with Gasteiger partial charge in [0.25, 0.3) is 0 Å². The van der Waals surface area contributed by atoms with Crippen molar-refractivity contribution in [2.24, 2.45) is 0 Å². The highest BCUT2D eigenvalue weighted by atomic mass is 16.5. The van der Waals surface area contributed by atoms with Crippen molar-refractivity contribution in [3.8, 4) is 16.9 Å². The largest absolute Gasteiger partial charge is 0.497 e. The number of nitrogens with one attached hydrogen (secondary N) is 1. The molecule has 2 rings (SSSR count). The molecule has 0 aliphatic carbocycles. The summed E-state index contributed by atoms with van der Waals surface area (Å²) in [6.07, 6.45) is 0. The van der Waals surface area contributed by atoms with Crippen molar-refractivity contribution in [1.29, 1.82) is 0 Å². The summed E-state index contributed by atoms with van der Waals surface area (Å²) in [6.45, 7) is 4.22. The third-order valence-electron chi connectivity index (χ3n) is 2.76. The Morgan fingerprint density at radius 2 is 2.12 bits per heavy atom. The molecule has 0 aliphatic heterocycles. The van der Waals surface area contributed by atoms with Crippen LogP contribution in [0.2, 0.25) is 0 Å². The van der Waals surface area contributed by atoms with E-state index in [0.29, 0.717) is 11.7 Å². The third kappa shape index (κ3) is 2.11. The number of hydrogen-bond donors (Lipinski definition) is 2. The predicted octanol–water partition coefficient (Wildman–Crippen LogP) is 2.79. The van der Waals surface area contributed by atoms with Gasteiger partial charge in [0.2, 0.25) is 0 Å². The van der Waals surface area contributed by atoms with Gasteiger partial charge in [-0.05, 0) is 23.6 Å². The van der Waals surface area contributed by atoms with Gasteiger partial charge in [-0.1, -0.05) is 26.0 Å². The molecule has 0 amide bonds. The zero-order valence-electron chi connectivity index (χ0n) is 10.3. The fraction of sp³-hybridized carbons (Fsp3) is 0.308. The Morgan fingerprint density at radius 3 is 2.76 bits per heavy atom. The van der Waals surface area contributed by atoms with E-state index in [9.17, 15) is 0 Å². The van der Waals surface area contributed by atoms with Crippen LogP contribution < -0.4 is 10.5 Å². The Labute approximate surface area is 101 Å². The van der Waals surface area contributed by atoms with Gasteiger partial charge in [0.05, 0.1) is 7.11 Å². The summed E-state index contributed by atoms with van der Waals surface area (Å²) >= 11 is 0. The quantitative estimate of drug-likeness (QED) is 0.853. The van der Waals surface area contributed by atoms with Crippen molar-refractivity contribution in [1.82, 2.24) is 10.2 Å². The number of nitrogen functional groups attached to an aromatic ring is 1. The zero-order chi connectivity index (χ0) is 12.4. The summed E-state index contributed by atoms with van der Waals surface area (Å²) < 4.78 is 5.22. The van der Waals surface area contributed by atoms with E-state index in [-0.39, 0.29) is 0 Å². The number of ether oxygens (including phenoxy) is 1. The number of methoxy groups -OCH3 is 1. The average Bonchev–Trinajstić information content (AvgIpc) is 2.71. The van der Waals surface area contributed by atoms with E-state index in [4.69, 9.17) is 10.5 Å². The first-order valence-corrected chi connectivity index (χ1v) is 5.61. The van der Waals surface area contributed by atoms with Gasteiger partial charge in [-0.2, -0.15) is 5.10 Å². The molecule has 1 heterocycles. The van der Waals surface area contributed by atoms with Crippen LogP contribution in [0.1, 0.15) is 25.5 Å². The minimum absolute atomic E-state index is 0.348. The van der Waals surface area contributed by atoms with Gasteiger partial charge in [0.15, 0.2) is 5.82 Å². The van der Waals surface area contributed by atoms with E-state index in [1.165, 1.54) is 0 Å². The van der Waals surface area contributed by atoms with Crippen molar-refractivity contribution in [2.75, 3.05) is 12.8 Å². The Hall–Kier alpha value is -1.97. The van der Waals surface area contributed by atoms with Crippen LogP contribution in [0.15, 0.2) is 24.3 Å². The highest BCUT2D eigenvalue weighted by molar-refractivity contribution is 5.77. The molecule has 0 unspecified atom stereocenters. The van der Waals surface area contributed by atoms with Crippen LogP contribution in [0.4, 0.5) is 5.82 Å². The smallest absolute Gasteiger partial charge is 0.153 e.